The van der Waals surface area contributed by atoms with Crippen LogP contribution in [0.25, 0.3) is 0 Å². The van der Waals surface area contributed by atoms with Crippen molar-refractivity contribution in [3.8, 4) is 5.75 Å². The number of carbonyl (C=O) groups is 1. The highest BCUT2D eigenvalue weighted by atomic mass is 127. The number of aliphatic imine (C=N–C) groups is 1. The van der Waals surface area contributed by atoms with Gasteiger partial charge in [0, 0.05) is 39.8 Å². The second-order valence-electron chi connectivity index (χ2n) is 7.49. The van der Waals surface area contributed by atoms with E-state index in [-0.39, 0.29) is 42.1 Å². The molecule has 0 saturated carbocycles. The van der Waals surface area contributed by atoms with Crippen LogP contribution in [0.2, 0.25) is 0 Å². The Morgan fingerprint density at radius 1 is 1.31 bits per heavy atom. The van der Waals surface area contributed by atoms with Gasteiger partial charge >= 0.3 is 0 Å². The molecule has 0 spiro atoms. The van der Waals surface area contributed by atoms with Gasteiger partial charge in [-0.1, -0.05) is 12.1 Å². The number of rotatable bonds is 5. The Labute approximate surface area is 190 Å². The van der Waals surface area contributed by atoms with E-state index in [0.717, 1.165) is 37.6 Å². The number of piperazine rings is 1. The molecule has 2 aliphatic heterocycles. The van der Waals surface area contributed by atoms with Crippen LogP contribution in [-0.4, -0.2) is 80.3 Å². The summed E-state index contributed by atoms with van der Waals surface area (Å²) in [5, 5.41) is 3.40. The SMILES string of the molecule is CN=C(NCC(C)Oc1cccc(C)c1)N1CCN(C(=O)C2CCCO2)CC1.I. The normalized spacial score (nSPS) is 20.8. The first-order valence-corrected chi connectivity index (χ1v) is 10.2. The summed E-state index contributed by atoms with van der Waals surface area (Å²) >= 11 is 0. The van der Waals surface area contributed by atoms with Crippen molar-refractivity contribution in [2.45, 2.75) is 38.9 Å². The maximum Gasteiger partial charge on any atom is 0.251 e. The molecule has 2 saturated heterocycles. The zero-order valence-corrected chi connectivity index (χ0v) is 19.9. The van der Waals surface area contributed by atoms with Gasteiger partial charge < -0.3 is 24.6 Å². The largest absolute Gasteiger partial charge is 0.489 e. The van der Waals surface area contributed by atoms with Crippen LogP contribution in [0.1, 0.15) is 25.3 Å². The van der Waals surface area contributed by atoms with Gasteiger partial charge in [0.1, 0.15) is 18.0 Å². The van der Waals surface area contributed by atoms with E-state index in [1.165, 1.54) is 5.56 Å². The molecule has 2 heterocycles. The molecule has 7 nitrogen and oxygen atoms in total. The van der Waals surface area contributed by atoms with E-state index >= 15 is 0 Å². The molecule has 1 N–H and O–H groups in total. The summed E-state index contributed by atoms with van der Waals surface area (Å²) in [5.74, 6) is 1.87. The molecule has 2 fully saturated rings. The number of amides is 1. The number of hydrogen-bond acceptors (Lipinski definition) is 4. The molecule has 3 rings (SSSR count). The second kappa shape index (κ2) is 11.6. The van der Waals surface area contributed by atoms with E-state index in [2.05, 4.69) is 28.2 Å². The number of benzene rings is 1. The molecule has 162 valence electrons. The van der Waals surface area contributed by atoms with E-state index < -0.39 is 0 Å². The van der Waals surface area contributed by atoms with Gasteiger partial charge in [0.05, 0.1) is 6.54 Å². The predicted octanol–water partition coefficient (Wildman–Crippen LogP) is 2.28. The van der Waals surface area contributed by atoms with Gasteiger partial charge in [-0.15, -0.1) is 24.0 Å². The molecule has 29 heavy (non-hydrogen) atoms. The molecular weight excluding hydrogens is 483 g/mol. The van der Waals surface area contributed by atoms with Gasteiger partial charge in [0.2, 0.25) is 0 Å². The number of aryl methyl sites for hydroxylation is 1. The van der Waals surface area contributed by atoms with Crippen molar-refractivity contribution >= 4 is 35.8 Å². The van der Waals surface area contributed by atoms with Gasteiger partial charge in [-0.2, -0.15) is 0 Å². The molecule has 2 aliphatic rings. The lowest BCUT2D eigenvalue weighted by atomic mass is 10.2. The summed E-state index contributed by atoms with van der Waals surface area (Å²) in [6.07, 6.45) is 1.61. The van der Waals surface area contributed by atoms with Crippen LogP contribution in [0.5, 0.6) is 5.75 Å². The van der Waals surface area contributed by atoms with Gasteiger partial charge in [0.15, 0.2) is 5.96 Å². The third-order valence-electron chi connectivity index (χ3n) is 5.18. The van der Waals surface area contributed by atoms with Crippen molar-refractivity contribution < 1.29 is 14.3 Å². The minimum Gasteiger partial charge on any atom is -0.489 e. The maximum atomic E-state index is 12.5. The summed E-state index contributed by atoms with van der Waals surface area (Å²) in [6, 6.07) is 8.07. The van der Waals surface area contributed by atoms with Crippen LogP contribution < -0.4 is 10.1 Å². The third-order valence-corrected chi connectivity index (χ3v) is 5.18. The Bertz CT molecular complexity index is 686. The molecule has 0 aliphatic carbocycles. The molecule has 2 atom stereocenters. The van der Waals surface area contributed by atoms with E-state index in [0.29, 0.717) is 26.2 Å². The Morgan fingerprint density at radius 3 is 2.66 bits per heavy atom. The third kappa shape index (κ3) is 6.74. The van der Waals surface area contributed by atoms with Crippen LogP contribution in [0.3, 0.4) is 0 Å². The molecule has 0 radical (unpaired) electrons. The second-order valence-corrected chi connectivity index (χ2v) is 7.49. The highest BCUT2D eigenvalue weighted by Crippen LogP contribution is 2.16. The standard InChI is InChI=1S/C21H32N4O3.HI/c1-16-6-4-7-18(14-16)28-17(2)15-23-21(22-3)25-11-9-24(10-12-25)20(26)19-8-5-13-27-19;/h4,6-7,14,17,19H,5,8-13,15H2,1-3H3,(H,22,23);1H. The number of carbonyl (C=O) groups excluding carboxylic acids is 1. The lowest BCUT2D eigenvalue weighted by Gasteiger charge is -2.37. The first-order chi connectivity index (χ1) is 13.6. The monoisotopic (exact) mass is 516 g/mol. The Morgan fingerprint density at radius 2 is 2.03 bits per heavy atom. The fourth-order valence-electron chi connectivity index (χ4n) is 3.64. The fraction of sp³-hybridized carbons (Fsp3) is 0.619. The zero-order valence-electron chi connectivity index (χ0n) is 17.6. The number of ether oxygens (including phenoxy) is 2. The molecular formula is C21H33IN4O3. The summed E-state index contributed by atoms with van der Waals surface area (Å²) in [6.45, 7) is 8.41. The number of guanidine groups is 1. The minimum absolute atomic E-state index is 0. The fourth-order valence-corrected chi connectivity index (χ4v) is 3.64. The Hall–Kier alpha value is -1.55. The first-order valence-electron chi connectivity index (χ1n) is 10.2. The van der Waals surface area contributed by atoms with Gasteiger partial charge in [0.25, 0.3) is 5.91 Å². The van der Waals surface area contributed by atoms with E-state index in [9.17, 15) is 4.79 Å². The number of nitrogens with zero attached hydrogens (tertiary/aromatic N) is 3. The van der Waals surface area contributed by atoms with Gasteiger partial charge in [-0.3, -0.25) is 9.79 Å². The number of hydrogen-bond donors (Lipinski definition) is 1. The van der Waals surface area contributed by atoms with Crippen molar-refractivity contribution in [3.63, 3.8) is 0 Å². The molecule has 1 aromatic rings. The molecule has 0 bridgehead atoms. The average Bonchev–Trinajstić information content (AvgIpc) is 3.23. The van der Waals surface area contributed by atoms with Crippen molar-refractivity contribution in [1.29, 1.82) is 0 Å². The average molecular weight is 516 g/mol. The Kier molecular flexibility index (Phi) is 9.48. The Balaban J connectivity index is 0.00000300. The molecule has 2 unspecified atom stereocenters. The van der Waals surface area contributed by atoms with Crippen LogP contribution in [0, 0.1) is 6.92 Å². The van der Waals surface area contributed by atoms with Crippen LogP contribution in [0.4, 0.5) is 0 Å². The predicted molar refractivity (Wildman–Crippen MR) is 125 cm³/mol. The van der Waals surface area contributed by atoms with Crippen molar-refractivity contribution in [2.24, 2.45) is 4.99 Å². The lowest BCUT2D eigenvalue weighted by Crippen LogP contribution is -2.55. The number of nitrogens with one attached hydrogen (secondary N) is 1. The molecule has 8 heteroatoms. The first kappa shape index (κ1) is 23.7. The van der Waals surface area contributed by atoms with Crippen molar-refractivity contribution in [1.82, 2.24) is 15.1 Å². The van der Waals surface area contributed by atoms with Crippen molar-refractivity contribution in [2.75, 3.05) is 46.4 Å². The van der Waals surface area contributed by atoms with E-state index in [4.69, 9.17) is 9.47 Å². The number of halogens is 1. The van der Waals surface area contributed by atoms with Crippen LogP contribution in [0.15, 0.2) is 29.3 Å². The quantitative estimate of drug-likeness (QED) is 0.370. The molecule has 1 amide bonds. The highest BCUT2D eigenvalue weighted by molar-refractivity contribution is 14.0. The van der Waals surface area contributed by atoms with Crippen LogP contribution in [-0.2, 0) is 9.53 Å². The topological polar surface area (TPSA) is 66.4 Å². The summed E-state index contributed by atoms with van der Waals surface area (Å²) in [5.41, 5.74) is 1.18. The van der Waals surface area contributed by atoms with Gasteiger partial charge in [-0.25, -0.2) is 0 Å². The summed E-state index contributed by atoms with van der Waals surface area (Å²) in [7, 11) is 1.79. The lowest BCUT2D eigenvalue weighted by molar-refractivity contribution is -0.142. The van der Waals surface area contributed by atoms with Gasteiger partial charge in [-0.05, 0) is 44.4 Å². The molecule has 0 aromatic heterocycles. The maximum absolute atomic E-state index is 12.5. The van der Waals surface area contributed by atoms with E-state index in [1.54, 1.807) is 7.05 Å². The highest BCUT2D eigenvalue weighted by Gasteiger charge is 2.30. The smallest absolute Gasteiger partial charge is 0.251 e. The molecule has 1 aromatic carbocycles. The van der Waals surface area contributed by atoms with Crippen LogP contribution >= 0.6 is 24.0 Å². The van der Waals surface area contributed by atoms with Crippen molar-refractivity contribution in [3.05, 3.63) is 29.8 Å². The van der Waals surface area contributed by atoms with E-state index in [1.807, 2.05) is 30.0 Å². The zero-order chi connectivity index (χ0) is 19.9. The summed E-state index contributed by atoms with van der Waals surface area (Å²) < 4.78 is 11.5. The minimum atomic E-state index is -0.233. The summed E-state index contributed by atoms with van der Waals surface area (Å²) in [4.78, 5) is 21.0.